The molecule has 0 aliphatic rings. The Kier molecular flexibility index (Phi) is 3.10. The summed E-state index contributed by atoms with van der Waals surface area (Å²) in [5.74, 6) is 0.0811. The topological polar surface area (TPSA) is 36.0 Å². The smallest absolute Gasteiger partial charge is 0.0856 e. The van der Waals surface area contributed by atoms with Crippen LogP contribution in [0.3, 0.4) is 0 Å². The summed E-state index contributed by atoms with van der Waals surface area (Å²) in [7, 11) is 0. The fraction of sp³-hybridized carbons (Fsp3) is 0.176. The van der Waals surface area contributed by atoms with Crippen molar-refractivity contribution in [3.05, 3.63) is 71.9 Å². The maximum Gasteiger partial charge on any atom is 0.0856 e. The van der Waals surface area contributed by atoms with E-state index in [1.54, 1.807) is 0 Å². The fourth-order valence-corrected chi connectivity index (χ4v) is 2.48. The molecule has 0 spiro atoms. The zero-order valence-electron chi connectivity index (χ0n) is 10.9. The summed E-state index contributed by atoms with van der Waals surface area (Å²) in [6, 6.07) is 18.2. The van der Waals surface area contributed by atoms with E-state index in [4.69, 9.17) is 0 Å². The van der Waals surface area contributed by atoms with Gasteiger partial charge < -0.3 is 10.1 Å². The highest BCUT2D eigenvalue weighted by Crippen LogP contribution is 2.31. The number of fused-ring (bicyclic) bond motifs is 1. The zero-order valence-corrected chi connectivity index (χ0v) is 10.9. The molecule has 0 fully saturated rings. The molecule has 2 nitrogen and oxygen atoms in total. The number of benzene rings is 2. The van der Waals surface area contributed by atoms with Crippen molar-refractivity contribution in [1.82, 2.24) is 4.98 Å². The molecule has 0 saturated heterocycles. The van der Waals surface area contributed by atoms with Crippen molar-refractivity contribution in [2.45, 2.75) is 18.9 Å². The predicted octanol–water partition coefficient (Wildman–Crippen LogP) is 4.01. The van der Waals surface area contributed by atoms with Crippen LogP contribution in [0.4, 0.5) is 0 Å². The molecule has 19 heavy (non-hydrogen) atoms. The summed E-state index contributed by atoms with van der Waals surface area (Å²) >= 11 is 0. The maximum atomic E-state index is 10.5. The first-order valence-corrected chi connectivity index (χ1v) is 6.56. The molecule has 1 heterocycles. The molecular formula is C17H17NO. The molecule has 3 rings (SSSR count). The number of nitrogens with one attached hydrogen (secondary N) is 1. The van der Waals surface area contributed by atoms with Crippen molar-refractivity contribution in [3.8, 4) is 0 Å². The second kappa shape index (κ2) is 4.90. The Labute approximate surface area is 112 Å². The second-order valence-corrected chi connectivity index (χ2v) is 4.97. The minimum absolute atomic E-state index is 0.0811. The van der Waals surface area contributed by atoms with Crippen LogP contribution in [0.25, 0.3) is 10.9 Å². The normalized spacial score (nSPS) is 14.4. The molecule has 0 aliphatic heterocycles. The van der Waals surface area contributed by atoms with E-state index in [1.165, 1.54) is 0 Å². The van der Waals surface area contributed by atoms with Crippen molar-refractivity contribution >= 4 is 10.9 Å². The first-order valence-electron chi connectivity index (χ1n) is 6.56. The van der Waals surface area contributed by atoms with Crippen LogP contribution in [0.15, 0.2) is 60.8 Å². The zero-order chi connectivity index (χ0) is 13.2. The van der Waals surface area contributed by atoms with Crippen molar-refractivity contribution in [2.24, 2.45) is 0 Å². The summed E-state index contributed by atoms with van der Waals surface area (Å²) in [4.78, 5) is 3.16. The first-order chi connectivity index (χ1) is 9.25. The van der Waals surface area contributed by atoms with Crippen molar-refractivity contribution in [2.75, 3.05) is 0 Å². The Morgan fingerprint density at radius 3 is 2.53 bits per heavy atom. The monoisotopic (exact) mass is 251 g/mol. The van der Waals surface area contributed by atoms with Gasteiger partial charge in [-0.3, -0.25) is 0 Å². The van der Waals surface area contributed by atoms with Gasteiger partial charge in [0.2, 0.25) is 0 Å². The third-order valence-corrected chi connectivity index (χ3v) is 3.72. The van der Waals surface area contributed by atoms with E-state index in [-0.39, 0.29) is 5.92 Å². The molecule has 2 unspecified atom stereocenters. The van der Waals surface area contributed by atoms with E-state index in [0.29, 0.717) is 0 Å². The van der Waals surface area contributed by atoms with E-state index >= 15 is 0 Å². The lowest BCUT2D eigenvalue weighted by atomic mass is 9.90. The second-order valence-electron chi connectivity index (χ2n) is 4.97. The van der Waals surface area contributed by atoms with Gasteiger partial charge in [0.05, 0.1) is 6.10 Å². The van der Waals surface area contributed by atoms with Gasteiger partial charge in [0, 0.05) is 17.6 Å². The van der Waals surface area contributed by atoms with Crippen LogP contribution in [-0.4, -0.2) is 10.1 Å². The third kappa shape index (κ3) is 2.27. The van der Waals surface area contributed by atoms with E-state index < -0.39 is 6.10 Å². The quantitative estimate of drug-likeness (QED) is 0.725. The van der Waals surface area contributed by atoms with Gasteiger partial charge in [-0.2, -0.15) is 0 Å². The molecule has 0 saturated carbocycles. The van der Waals surface area contributed by atoms with Gasteiger partial charge in [0.15, 0.2) is 0 Å². The summed E-state index contributed by atoms with van der Waals surface area (Å²) in [5.41, 5.74) is 3.22. The number of H-pyrrole nitrogens is 1. The number of hydrogen-bond acceptors (Lipinski definition) is 1. The Morgan fingerprint density at radius 1 is 0.947 bits per heavy atom. The van der Waals surface area contributed by atoms with Gasteiger partial charge in [-0.05, 0) is 34.7 Å². The number of hydrogen-bond donors (Lipinski definition) is 2. The fourth-order valence-electron chi connectivity index (χ4n) is 2.48. The Hall–Kier alpha value is -2.06. The van der Waals surface area contributed by atoms with Crippen molar-refractivity contribution in [3.63, 3.8) is 0 Å². The molecule has 0 amide bonds. The third-order valence-electron chi connectivity index (χ3n) is 3.72. The van der Waals surface area contributed by atoms with E-state index in [1.807, 2.05) is 42.6 Å². The Balaban J connectivity index is 1.92. The van der Waals surface area contributed by atoms with Gasteiger partial charge in [-0.1, -0.05) is 43.3 Å². The highest BCUT2D eigenvalue weighted by atomic mass is 16.3. The van der Waals surface area contributed by atoms with Crippen LogP contribution < -0.4 is 0 Å². The lowest BCUT2D eigenvalue weighted by Crippen LogP contribution is -2.07. The number of aliphatic hydroxyl groups excluding tert-OH is 1. The summed E-state index contributed by atoms with van der Waals surface area (Å²) < 4.78 is 0. The van der Waals surface area contributed by atoms with Gasteiger partial charge in [-0.25, -0.2) is 0 Å². The van der Waals surface area contributed by atoms with Gasteiger partial charge in [-0.15, -0.1) is 0 Å². The molecule has 2 heteroatoms. The molecule has 0 bridgehead atoms. The molecule has 2 atom stereocenters. The van der Waals surface area contributed by atoms with Crippen LogP contribution in [0.1, 0.15) is 30.1 Å². The van der Waals surface area contributed by atoms with Crippen LogP contribution >= 0.6 is 0 Å². The van der Waals surface area contributed by atoms with E-state index in [9.17, 15) is 5.11 Å². The average Bonchev–Trinajstić information content (AvgIpc) is 2.94. The summed E-state index contributed by atoms with van der Waals surface area (Å²) in [5, 5.41) is 11.7. The number of aromatic amines is 1. The molecule has 1 aromatic heterocycles. The van der Waals surface area contributed by atoms with Crippen LogP contribution in [0, 0.1) is 0 Å². The van der Waals surface area contributed by atoms with Crippen LogP contribution in [0.2, 0.25) is 0 Å². The summed E-state index contributed by atoms with van der Waals surface area (Å²) in [6.45, 7) is 2.06. The molecule has 2 N–H and O–H groups in total. The van der Waals surface area contributed by atoms with Crippen LogP contribution in [0.5, 0.6) is 0 Å². The molecule has 2 aromatic carbocycles. The molecule has 0 aliphatic carbocycles. The summed E-state index contributed by atoms with van der Waals surface area (Å²) in [6.07, 6.45) is 1.43. The predicted molar refractivity (Wildman–Crippen MR) is 78.1 cm³/mol. The van der Waals surface area contributed by atoms with Crippen molar-refractivity contribution in [1.29, 1.82) is 0 Å². The average molecular weight is 251 g/mol. The molecule has 3 aromatic rings. The number of aromatic nitrogens is 1. The van der Waals surface area contributed by atoms with Gasteiger partial charge >= 0.3 is 0 Å². The van der Waals surface area contributed by atoms with Gasteiger partial charge in [0.25, 0.3) is 0 Å². The number of aliphatic hydroxyl groups is 1. The molecule has 96 valence electrons. The SMILES string of the molecule is CC(c1ccccc1)C(O)c1ccc2[nH]ccc2c1. The standard InChI is InChI=1S/C17H17NO/c1-12(13-5-3-2-4-6-13)17(19)15-7-8-16-14(11-15)9-10-18-16/h2-12,17-19H,1H3. The lowest BCUT2D eigenvalue weighted by Gasteiger charge is -2.19. The highest BCUT2D eigenvalue weighted by molar-refractivity contribution is 5.80. The maximum absolute atomic E-state index is 10.5. The highest BCUT2D eigenvalue weighted by Gasteiger charge is 2.18. The first kappa shape index (κ1) is 12.0. The van der Waals surface area contributed by atoms with Crippen LogP contribution in [-0.2, 0) is 0 Å². The Morgan fingerprint density at radius 2 is 1.74 bits per heavy atom. The lowest BCUT2D eigenvalue weighted by molar-refractivity contribution is 0.152. The van der Waals surface area contributed by atoms with Gasteiger partial charge in [0.1, 0.15) is 0 Å². The van der Waals surface area contributed by atoms with E-state index in [2.05, 4.69) is 30.1 Å². The molecule has 0 radical (unpaired) electrons. The number of rotatable bonds is 3. The Bertz CT molecular complexity index is 672. The largest absolute Gasteiger partial charge is 0.388 e. The molecular weight excluding hydrogens is 234 g/mol. The van der Waals surface area contributed by atoms with Crippen molar-refractivity contribution < 1.29 is 5.11 Å². The van der Waals surface area contributed by atoms with E-state index in [0.717, 1.165) is 22.0 Å². The minimum Gasteiger partial charge on any atom is -0.388 e. The minimum atomic E-state index is -0.485.